The highest BCUT2D eigenvalue weighted by Gasteiger charge is 2.30. The molecule has 0 spiro atoms. The molecule has 0 radical (unpaired) electrons. The largest absolute Gasteiger partial charge is 0.491 e. The molecule has 0 saturated heterocycles. The van der Waals surface area contributed by atoms with E-state index in [0.29, 0.717) is 0 Å². The van der Waals surface area contributed by atoms with E-state index >= 15 is 0 Å². The van der Waals surface area contributed by atoms with Crippen LogP contribution in [0, 0.1) is 17.0 Å². The molecular formula is C18H18F3N3O5. The standard InChI is InChI=1S/C18H18F3N3O5/c1-11-15(6-3-7-16(11)24(27)28)23-17(26)22-9-13(25)10-29-14-5-2-4-12(8-14)18(19,20)21/h2-8,13,25H,9-10H2,1H3,(H2,22,23,26). The molecule has 0 aliphatic carbocycles. The Balaban J connectivity index is 1.84. The summed E-state index contributed by atoms with van der Waals surface area (Å²) < 4.78 is 43.1. The monoisotopic (exact) mass is 413 g/mol. The maximum atomic E-state index is 12.7. The zero-order valence-corrected chi connectivity index (χ0v) is 15.2. The number of aliphatic hydroxyl groups excluding tert-OH is 1. The summed E-state index contributed by atoms with van der Waals surface area (Å²) in [6, 6.07) is 7.67. The van der Waals surface area contributed by atoms with Gasteiger partial charge in [-0.05, 0) is 31.2 Å². The fourth-order valence-electron chi connectivity index (χ4n) is 2.35. The number of halogens is 3. The maximum absolute atomic E-state index is 12.7. The number of carbonyl (C=O) groups excluding carboxylic acids is 1. The summed E-state index contributed by atoms with van der Waals surface area (Å²) in [6.07, 6.45) is -5.70. The van der Waals surface area contributed by atoms with Gasteiger partial charge in [0.25, 0.3) is 5.69 Å². The molecule has 2 rings (SSSR count). The minimum absolute atomic E-state index is 0.0736. The van der Waals surface area contributed by atoms with Crippen LogP contribution in [0.4, 0.5) is 29.3 Å². The van der Waals surface area contributed by atoms with Crippen LogP contribution in [0.15, 0.2) is 42.5 Å². The van der Waals surface area contributed by atoms with Gasteiger partial charge in [0, 0.05) is 12.6 Å². The summed E-state index contributed by atoms with van der Waals surface area (Å²) in [7, 11) is 0. The van der Waals surface area contributed by atoms with E-state index in [2.05, 4.69) is 10.6 Å². The molecule has 11 heteroatoms. The van der Waals surface area contributed by atoms with Gasteiger partial charge in [-0.3, -0.25) is 10.1 Å². The van der Waals surface area contributed by atoms with E-state index in [1.165, 1.54) is 37.3 Å². The highest BCUT2D eigenvalue weighted by atomic mass is 19.4. The highest BCUT2D eigenvalue weighted by Crippen LogP contribution is 2.31. The number of benzene rings is 2. The van der Waals surface area contributed by atoms with Crippen LogP contribution in [0.2, 0.25) is 0 Å². The minimum atomic E-state index is -4.51. The number of nitrogens with zero attached hydrogens (tertiary/aromatic N) is 1. The summed E-state index contributed by atoms with van der Waals surface area (Å²) in [5, 5.41) is 25.5. The number of aliphatic hydroxyl groups is 1. The van der Waals surface area contributed by atoms with E-state index in [-0.39, 0.29) is 35.8 Å². The van der Waals surface area contributed by atoms with Crippen LogP contribution in [0.25, 0.3) is 0 Å². The lowest BCUT2D eigenvalue weighted by Gasteiger charge is -2.15. The highest BCUT2D eigenvalue weighted by molar-refractivity contribution is 5.90. The summed E-state index contributed by atoms with van der Waals surface area (Å²) in [6.45, 7) is 0.877. The molecule has 0 heterocycles. The molecule has 1 unspecified atom stereocenters. The summed E-state index contributed by atoms with van der Waals surface area (Å²) in [4.78, 5) is 22.2. The smallest absolute Gasteiger partial charge is 0.416 e. The minimum Gasteiger partial charge on any atom is -0.491 e. The molecule has 8 nitrogen and oxygen atoms in total. The Morgan fingerprint density at radius 3 is 2.62 bits per heavy atom. The van der Waals surface area contributed by atoms with Crippen molar-refractivity contribution in [2.24, 2.45) is 0 Å². The molecule has 0 bridgehead atoms. The van der Waals surface area contributed by atoms with Crippen molar-refractivity contribution in [3.05, 3.63) is 63.7 Å². The Bertz CT molecular complexity index is 889. The molecule has 0 aliphatic heterocycles. The van der Waals surface area contributed by atoms with Gasteiger partial charge in [-0.25, -0.2) is 4.79 Å². The SMILES string of the molecule is Cc1c(NC(=O)NCC(O)COc2cccc(C(F)(F)F)c2)cccc1[N+](=O)[O-]. The first kappa shape index (κ1) is 22.0. The number of alkyl halides is 3. The maximum Gasteiger partial charge on any atom is 0.416 e. The van der Waals surface area contributed by atoms with E-state index in [9.17, 15) is 33.2 Å². The molecule has 2 aromatic rings. The molecule has 2 amide bonds. The van der Waals surface area contributed by atoms with Gasteiger partial charge in [-0.1, -0.05) is 12.1 Å². The molecule has 1 atom stereocenters. The molecule has 2 aromatic carbocycles. The number of nitrogens with one attached hydrogen (secondary N) is 2. The molecule has 156 valence electrons. The average molecular weight is 413 g/mol. The topological polar surface area (TPSA) is 114 Å². The normalized spacial score (nSPS) is 12.2. The number of amides is 2. The van der Waals surface area contributed by atoms with Gasteiger partial charge in [0.05, 0.1) is 21.7 Å². The summed E-state index contributed by atoms with van der Waals surface area (Å²) >= 11 is 0. The first-order valence-corrected chi connectivity index (χ1v) is 8.35. The molecule has 3 N–H and O–H groups in total. The average Bonchev–Trinajstić information content (AvgIpc) is 2.65. The summed E-state index contributed by atoms with van der Waals surface area (Å²) in [5.41, 5.74) is -0.542. The van der Waals surface area contributed by atoms with Gasteiger partial charge < -0.3 is 20.5 Å². The number of nitro benzene ring substituents is 1. The van der Waals surface area contributed by atoms with E-state index < -0.39 is 28.8 Å². The number of nitro groups is 1. The third-order valence-electron chi connectivity index (χ3n) is 3.85. The second-order valence-electron chi connectivity index (χ2n) is 6.03. The van der Waals surface area contributed by atoms with Crippen molar-refractivity contribution in [3.63, 3.8) is 0 Å². The Kier molecular flexibility index (Phi) is 6.99. The lowest BCUT2D eigenvalue weighted by atomic mass is 10.1. The molecular weight excluding hydrogens is 395 g/mol. The number of urea groups is 1. The third-order valence-corrected chi connectivity index (χ3v) is 3.85. The Hall–Kier alpha value is -3.34. The first-order chi connectivity index (χ1) is 13.6. The van der Waals surface area contributed by atoms with Crippen molar-refractivity contribution in [1.29, 1.82) is 0 Å². The van der Waals surface area contributed by atoms with Crippen LogP contribution in [-0.4, -0.2) is 35.3 Å². The zero-order valence-electron chi connectivity index (χ0n) is 15.2. The molecule has 0 saturated carbocycles. The summed E-state index contributed by atoms with van der Waals surface area (Å²) in [5.74, 6) is -0.0736. The van der Waals surface area contributed by atoms with Crippen LogP contribution in [0.3, 0.4) is 0 Å². The second kappa shape index (κ2) is 9.24. The predicted molar refractivity (Wildman–Crippen MR) is 97.8 cm³/mol. The van der Waals surface area contributed by atoms with E-state index in [4.69, 9.17) is 4.74 Å². The van der Waals surface area contributed by atoms with Crippen molar-refractivity contribution in [3.8, 4) is 5.75 Å². The number of rotatable bonds is 7. The quantitative estimate of drug-likeness (QED) is 0.475. The van der Waals surface area contributed by atoms with Gasteiger partial charge in [-0.2, -0.15) is 13.2 Å². The van der Waals surface area contributed by atoms with Crippen molar-refractivity contribution < 1.29 is 32.7 Å². The van der Waals surface area contributed by atoms with E-state index in [0.717, 1.165) is 12.1 Å². The Morgan fingerprint density at radius 1 is 1.28 bits per heavy atom. The number of hydrogen-bond acceptors (Lipinski definition) is 5. The lowest BCUT2D eigenvalue weighted by Crippen LogP contribution is -2.37. The fraction of sp³-hybridized carbons (Fsp3) is 0.278. The third kappa shape index (κ3) is 6.35. The first-order valence-electron chi connectivity index (χ1n) is 8.35. The van der Waals surface area contributed by atoms with Gasteiger partial charge >= 0.3 is 12.2 Å². The number of anilines is 1. The van der Waals surface area contributed by atoms with Crippen molar-refractivity contribution in [1.82, 2.24) is 5.32 Å². The van der Waals surface area contributed by atoms with Crippen LogP contribution >= 0.6 is 0 Å². The van der Waals surface area contributed by atoms with Crippen LogP contribution in [0.5, 0.6) is 5.75 Å². The van der Waals surface area contributed by atoms with E-state index in [1.807, 2.05) is 0 Å². The zero-order chi connectivity index (χ0) is 21.6. The van der Waals surface area contributed by atoms with Gasteiger partial charge in [0.2, 0.25) is 0 Å². The number of hydrogen-bond donors (Lipinski definition) is 3. The van der Waals surface area contributed by atoms with Gasteiger partial charge in [-0.15, -0.1) is 0 Å². The van der Waals surface area contributed by atoms with Crippen molar-refractivity contribution in [2.45, 2.75) is 19.2 Å². The molecule has 0 aromatic heterocycles. The van der Waals surface area contributed by atoms with Crippen molar-refractivity contribution >= 4 is 17.4 Å². The second-order valence-corrected chi connectivity index (χ2v) is 6.03. The molecule has 0 fully saturated rings. The number of carbonyl (C=O) groups is 1. The fourth-order valence-corrected chi connectivity index (χ4v) is 2.35. The Morgan fingerprint density at radius 2 is 1.97 bits per heavy atom. The number of ether oxygens (including phenoxy) is 1. The van der Waals surface area contributed by atoms with Gasteiger partial charge in [0.1, 0.15) is 18.5 Å². The van der Waals surface area contributed by atoms with E-state index in [1.54, 1.807) is 0 Å². The van der Waals surface area contributed by atoms with Crippen LogP contribution in [-0.2, 0) is 6.18 Å². The van der Waals surface area contributed by atoms with Gasteiger partial charge in [0.15, 0.2) is 0 Å². The van der Waals surface area contributed by atoms with Crippen molar-refractivity contribution in [2.75, 3.05) is 18.5 Å². The Labute approximate surface area is 163 Å². The lowest BCUT2D eigenvalue weighted by molar-refractivity contribution is -0.385. The predicted octanol–water partition coefficient (Wildman–Crippen LogP) is 3.48. The van der Waals surface area contributed by atoms with Crippen LogP contribution < -0.4 is 15.4 Å². The molecule has 0 aliphatic rings. The molecule has 29 heavy (non-hydrogen) atoms. The van der Waals surface area contributed by atoms with Crippen LogP contribution in [0.1, 0.15) is 11.1 Å².